The van der Waals surface area contributed by atoms with Crippen LogP contribution in [0.25, 0.3) is 0 Å². The molecule has 144 valence electrons. The summed E-state index contributed by atoms with van der Waals surface area (Å²) >= 11 is 0. The van der Waals surface area contributed by atoms with Crippen LogP contribution in [0.1, 0.15) is 48.2 Å². The number of carbonyl (C=O) groups is 2. The van der Waals surface area contributed by atoms with Gasteiger partial charge >= 0.3 is 0 Å². The van der Waals surface area contributed by atoms with Gasteiger partial charge in [0.15, 0.2) is 0 Å². The van der Waals surface area contributed by atoms with E-state index in [1.807, 2.05) is 15.9 Å². The summed E-state index contributed by atoms with van der Waals surface area (Å²) in [6, 6.07) is 8.37. The topological polar surface area (TPSA) is 66.4 Å². The predicted octanol–water partition coefficient (Wildman–Crippen LogP) is 2.80. The van der Waals surface area contributed by atoms with Crippen molar-refractivity contribution in [1.29, 1.82) is 0 Å². The molecule has 3 aliphatic rings. The molecule has 2 fully saturated rings. The summed E-state index contributed by atoms with van der Waals surface area (Å²) in [7, 11) is 0. The van der Waals surface area contributed by atoms with E-state index in [1.165, 1.54) is 24.6 Å². The van der Waals surface area contributed by atoms with Gasteiger partial charge in [-0.3, -0.25) is 14.6 Å². The number of hydrogen-bond acceptors (Lipinski definition) is 4. The van der Waals surface area contributed by atoms with Crippen molar-refractivity contribution in [3.63, 3.8) is 0 Å². The highest BCUT2D eigenvalue weighted by molar-refractivity contribution is 5.98. The molecule has 28 heavy (non-hydrogen) atoms. The fourth-order valence-corrected chi connectivity index (χ4v) is 4.69. The number of para-hydroxylation sites is 1. The predicted molar refractivity (Wildman–Crippen MR) is 105 cm³/mol. The fourth-order valence-electron chi connectivity index (χ4n) is 4.69. The minimum atomic E-state index is -0.160. The van der Waals surface area contributed by atoms with Gasteiger partial charge in [-0.25, -0.2) is 4.98 Å². The number of carbonyl (C=O) groups excluding carboxylic acids is 2. The maximum Gasteiger partial charge on any atom is 0.274 e. The van der Waals surface area contributed by atoms with E-state index in [9.17, 15) is 9.59 Å². The summed E-state index contributed by atoms with van der Waals surface area (Å²) < 4.78 is 0. The van der Waals surface area contributed by atoms with Crippen molar-refractivity contribution in [3.8, 4) is 0 Å². The number of hydrogen-bond donors (Lipinski definition) is 0. The van der Waals surface area contributed by atoms with E-state index in [0.29, 0.717) is 31.1 Å². The van der Waals surface area contributed by atoms with Crippen molar-refractivity contribution in [1.82, 2.24) is 14.9 Å². The lowest BCUT2D eigenvalue weighted by Crippen LogP contribution is -2.51. The molecule has 1 aliphatic carbocycles. The molecule has 0 bridgehead atoms. The van der Waals surface area contributed by atoms with Gasteiger partial charge in [-0.2, -0.15) is 0 Å². The molecule has 1 aromatic heterocycles. The van der Waals surface area contributed by atoms with Crippen LogP contribution in [0.15, 0.2) is 42.9 Å². The van der Waals surface area contributed by atoms with Crippen LogP contribution in [-0.4, -0.2) is 46.3 Å². The number of aromatic nitrogens is 2. The van der Waals surface area contributed by atoms with E-state index in [1.54, 1.807) is 12.4 Å². The molecule has 2 aliphatic heterocycles. The molecule has 1 aromatic carbocycles. The maximum absolute atomic E-state index is 13.1. The quantitative estimate of drug-likeness (QED) is 0.826. The molecule has 1 saturated heterocycles. The molecular formula is C22H24N4O2. The molecule has 1 spiro atoms. The van der Waals surface area contributed by atoms with Gasteiger partial charge in [0.05, 0.1) is 6.20 Å². The highest BCUT2D eigenvalue weighted by Gasteiger charge is 2.46. The lowest BCUT2D eigenvalue weighted by molar-refractivity contribution is -0.121. The van der Waals surface area contributed by atoms with Gasteiger partial charge in [0.25, 0.3) is 5.91 Å². The summed E-state index contributed by atoms with van der Waals surface area (Å²) in [5.41, 5.74) is 2.59. The van der Waals surface area contributed by atoms with E-state index in [2.05, 4.69) is 28.2 Å². The number of nitrogens with zero attached hydrogens (tertiary/aromatic N) is 4. The summed E-state index contributed by atoms with van der Waals surface area (Å²) in [5, 5.41) is 0. The van der Waals surface area contributed by atoms with Gasteiger partial charge in [0, 0.05) is 49.6 Å². The van der Waals surface area contributed by atoms with Crippen LogP contribution < -0.4 is 4.90 Å². The fraction of sp³-hybridized carbons (Fsp3) is 0.455. The minimum absolute atomic E-state index is 0.0752. The Bertz CT molecular complexity index is 902. The molecule has 0 unspecified atom stereocenters. The van der Waals surface area contributed by atoms with Crippen LogP contribution in [0, 0.1) is 5.92 Å². The van der Waals surface area contributed by atoms with Gasteiger partial charge in [-0.05, 0) is 43.2 Å². The zero-order chi connectivity index (χ0) is 19.1. The second-order valence-corrected chi connectivity index (χ2v) is 8.30. The Morgan fingerprint density at radius 1 is 1.14 bits per heavy atom. The summed E-state index contributed by atoms with van der Waals surface area (Å²) in [5.74, 6) is 0.825. The monoisotopic (exact) mass is 376 g/mol. The average molecular weight is 376 g/mol. The SMILES string of the molecule is O=C(c1cnccn1)N1CCC2(CC1)CC(=O)N(CC1CC1)c1ccccc12. The van der Waals surface area contributed by atoms with Gasteiger partial charge in [-0.1, -0.05) is 18.2 Å². The number of amides is 2. The standard InChI is InChI=1S/C22H24N4O2/c27-20-13-22(17-3-1-2-4-19(17)26(20)15-16-5-6-16)7-11-25(12-8-22)21(28)18-14-23-9-10-24-18/h1-4,9-10,14,16H,5-8,11-13,15H2. The number of likely N-dealkylation sites (tertiary alicyclic amines) is 1. The highest BCUT2D eigenvalue weighted by Crippen LogP contribution is 2.48. The van der Waals surface area contributed by atoms with Crippen LogP contribution in [0.5, 0.6) is 0 Å². The van der Waals surface area contributed by atoms with Crippen molar-refractivity contribution in [2.75, 3.05) is 24.5 Å². The lowest BCUT2D eigenvalue weighted by atomic mass is 9.67. The molecule has 6 heteroatoms. The number of piperidine rings is 1. The molecule has 2 amide bonds. The summed E-state index contributed by atoms with van der Waals surface area (Å²) in [6.45, 7) is 2.13. The molecule has 0 atom stereocenters. The third-order valence-corrected chi connectivity index (χ3v) is 6.48. The number of rotatable bonds is 3. The summed E-state index contributed by atoms with van der Waals surface area (Å²) in [6.07, 6.45) is 9.25. The zero-order valence-corrected chi connectivity index (χ0v) is 15.9. The van der Waals surface area contributed by atoms with Crippen LogP contribution in [-0.2, 0) is 10.2 Å². The van der Waals surface area contributed by atoms with Crippen LogP contribution in [0.2, 0.25) is 0 Å². The second-order valence-electron chi connectivity index (χ2n) is 8.30. The first kappa shape index (κ1) is 17.3. The number of fused-ring (bicyclic) bond motifs is 2. The highest BCUT2D eigenvalue weighted by atomic mass is 16.2. The van der Waals surface area contributed by atoms with Crippen molar-refractivity contribution in [2.24, 2.45) is 5.92 Å². The second kappa shape index (κ2) is 6.69. The molecule has 2 aromatic rings. The van der Waals surface area contributed by atoms with Gasteiger partial charge < -0.3 is 9.80 Å². The Balaban J connectivity index is 1.39. The first-order valence-electron chi connectivity index (χ1n) is 10.1. The Labute approximate surface area is 164 Å². The van der Waals surface area contributed by atoms with Crippen molar-refractivity contribution >= 4 is 17.5 Å². The van der Waals surface area contributed by atoms with Crippen LogP contribution in [0.3, 0.4) is 0 Å². The Morgan fingerprint density at radius 3 is 2.64 bits per heavy atom. The van der Waals surface area contributed by atoms with Crippen molar-refractivity contribution < 1.29 is 9.59 Å². The van der Waals surface area contributed by atoms with E-state index >= 15 is 0 Å². The number of anilines is 1. The Kier molecular flexibility index (Phi) is 4.14. The van der Waals surface area contributed by atoms with Gasteiger partial charge in [0.2, 0.25) is 5.91 Å². The molecule has 0 radical (unpaired) electrons. The van der Waals surface area contributed by atoms with Crippen LogP contribution in [0.4, 0.5) is 5.69 Å². The minimum Gasteiger partial charge on any atom is -0.337 e. The normalized spacial score (nSPS) is 20.9. The van der Waals surface area contributed by atoms with E-state index < -0.39 is 0 Å². The Hall–Kier alpha value is -2.76. The summed E-state index contributed by atoms with van der Waals surface area (Å²) in [4.78, 5) is 37.8. The third kappa shape index (κ3) is 2.97. The van der Waals surface area contributed by atoms with Crippen molar-refractivity contribution in [3.05, 3.63) is 54.1 Å². The smallest absolute Gasteiger partial charge is 0.274 e. The number of benzene rings is 1. The van der Waals surface area contributed by atoms with Crippen LogP contribution >= 0.6 is 0 Å². The molecule has 0 N–H and O–H groups in total. The Morgan fingerprint density at radius 2 is 1.93 bits per heavy atom. The lowest BCUT2D eigenvalue weighted by Gasteiger charge is -2.47. The van der Waals surface area contributed by atoms with E-state index in [0.717, 1.165) is 25.1 Å². The van der Waals surface area contributed by atoms with Gasteiger partial charge in [0.1, 0.15) is 5.69 Å². The van der Waals surface area contributed by atoms with Gasteiger partial charge in [-0.15, -0.1) is 0 Å². The van der Waals surface area contributed by atoms with E-state index in [-0.39, 0.29) is 17.2 Å². The molecule has 6 nitrogen and oxygen atoms in total. The van der Waals surface area contributed by atoms with E-state index in [4.69, 9.17) is 0 Å². The zero-order valence-electron chi connectivity index (χ0n) is 15.9. The first-order valence-corrected chi connectivity index (χ1v) is 10.1. The molecular weight excluding hydrogens is 352 g/mol. The molecule has 5 rings (SSSR count). The average Bonchev–Trinajstić information content (AvgIpc) is 3.56. The maximum atomic E-state index is 13.1. The molecule has 3 heterocycles. The largest absolute Gasteiger partial charge is 0.337 e. The molecule has 1 saturated carbocycles. The van der Waals surface area contributed by atoms with Crippen molar-refractivity contribution in [2.45, 2.75) is 37.5 Å². The third-order valence-electron chi connectivity index (χ3n) is 6.48. The first-order chi connectivity index (χ1) is 13.7.